The highest BCUT2D eigenvalue weighted by molar-refractivity contribution is 5.78. The molecule has 1 saturated carbocycles. The number of likely N-dealkylation sites (N-methyl/N-ethyl adjacent to an activating group) is 1. The highest BCUT2D eigenvalue weighted by Gasteiger charge is 2.45. The molecule has 1 aliphatic carbocycles. The van der Waals surface area contributed by atoms with E-state index in [4.69, 9.17) is 4.74 Å². The van der Waals surface area contributed by atoms with Crippen molar-refractivity contribution in [2.75, 3.05) is 26.7 Å². The van der Waals surface area contributed by atoms with Gasteiger partial charge >= 0.3 is 0 Å². The summed E-state index contributed by atoms with van der Waals surface area (Å²) < 4.78 is 5.87. The number of ether oxygens (including phenoxy) is 1. The van der Waals surface area contributed by atoms with E-state index >= 15 is 0 Å². The largest absolute Gasteiger partial charge is 0.394 e. The zero-order chi connectivity index (χ0) is 19.2. The molecule has 6 nitrogen and oxygen atoms in total. The van der Waals surface area contributed by atoms with Crippen molar-refractivity contribution in [2.45, 2.75) is 56.5 Å². The van der Waals surface area contributed by atoms with Crippen LogP contribution < -0.4 is 5.32 Å². The van der Waals surface area contributed by atoms with Crippen LogP contribution in [0.5, 0.6) is 0 Å². The summed E-state index contributed by atoms with van der Waals surface area (Å²) >= 11 is 0. The monoisotopic (exact) mass is 376 g/mol. The van der Waals surface area contributed by atoms with Crippen LogP contribution in [0.3, 0.4) is 0 Å². The first-order chi connectivity index (χ1) is 13.1. The van der Waals surface area contributed by atoms with Crippen LogP contribution in [0.4, 0.5) is 0 Å². The molecule has 2 fully saturated rings. The van der Waals surface area contributed by atoms with Gasteiger partial charge in [-0.05, 0) is 31.9 Å². The molecule has 1 aromatic rings. The van der Waals surface area contributed by atoms with E-state index in [1.165, 1.54) is 5.56 Å². The molecule has 150 valence electrons. The van der Waals surface area contributed by atoms with E-state index < -0.39 is 12.2 Å². The fourth-order valence-electron chi connectivity index (χ4n) is 4.32. The molecule has 1 heterocycles. The lowest BCUT2D eigenvalue weighted by Crippen LogP contribution is -2.50. The Morgan fingerprint density at radius 1 is 1.22 bits per heavy atom. The molecule has 0 bridgehead atoms. The van der Waals surface area contributed by atoms with E-state index in [0.717, 1.165) is 38.6 Å². The third-order valence-corrected chi connectivity index (χ3v) is 5.95. The van der Waals surface area contributed by atoms with Gasteiger partial charge in [0.25, 0.3) is 0 Å². The van der Waals surface area contributed by atoms with E-state index in [0.29, 0.717) is 6.54 Å². The molecule has 0 radical (unpaired) electrons. The van der Waals surface area contributed by atoms with Gasteiger partial charge in [-0.2, -0.15) is 0 Å². The Balaban J connectivity index is 1.57. The second kappa shape index (κ2) is 9.64. The molecule has 0 unspecified atom stereocenters. The lowest BCUT2D eigenvalue weighted by molar-refractivity contribution is -0.125. The van der Waals surface area contributed by atoms with E-state index in [9.17, 15) is 15.0 Å². The first-order valence-corrected chi connectivity index (χ1v) is 10.1. The first kappa shape index (κ1) is 20.3. The van der Waals surface area contributed by atoms with Crippen molar-refractivity contribution in [1.29, 1.82) is 0 Å². The Kier molecular flexibility index (Phi) is 7.24. The number of nitrogens with zero attached hydrogens (tertiary/aromatic N) is 1. The maximum absolute atomic E-state index is 12.3. The molecule has 1 amide bonds. The third-order valence-electron chi connectivity index (χ3n) is 5.95. The van der Waals surface area contributed by atoms with Crippen LogP contribution in [0.25, 0.3) is 0 Å². The van der Waals surface area contributed by atoms with Gasteiger partial charge in [0.05, 0.1) is 18.8 Å². The van der Waals surface area contributed by atoms with Crippen LogP contribution >= 0.6 is 0 Å². The molecule has 3 N–H and O–H groups in total. The highest BCUT2D eigenvalue weighted by atomic mass is 16.5. The summed E-state index contributed by atoms with van der Waals surface area (Å²) in [5, 5.41) is 23.2. The zero-order valence-corrected chi connectivity index (χ0v) is 16.1. The molecule has 4 atom stereocenters. The molecule has 3 rings (SSSR count). The van der Waals surface area contributed by atoms with Crippen molar-refractivity contribution < 1.29 is 19.7 Å². The number of carbonyl (C=O) groups is 1. The number of carbonyl (C=O) groups excluding carboxylic acids is 1. The number of amides is 1. The lowest BCUT2D eigenvalue weighted by Gasteiger charge is -2.30. The molecule has 2 aliphatic rings. The Labute approximate surface area is 161 Å². The Bertz CT molecular complexity index is 591. The smallest absolute Gasteiger partial charge is 0.223 e. The third kappa shape index (κ3) is 5.08. The normalized spacial score (nSPS) is 28.7. The molecule has 0 spiro atoms. The molecule has 6 heteroatoms. The predicted octanol–water partition coefficient (Wildman–Crippen LogP) is 0.956. The summed E-state index contributed by atoms with van der Waals surface area (Å²) in [6.07, 6.45) is 3.31. The maximum Gasteiger partial charge on any atom is 0.223 e. The topological polar surface area (TPSA) is 82.0 Å². The van der Waals surface area contributed by atoms with Gasteiger partial charge in [-0.25, -0.2) is 0 Å². The van der Waals surface area contributed by atoms with Crippen molar-refractivity contribution in [1.82, 2.24) is 10.2 Å². The van der Waals surface area contributed by atoms with E-state index in [1.54, 1.807) is 0 Å². The van der Waals surface area contributed by atoms with Crippen LogP contribution in [-0.4, -0.2) is 72.1 Å². The first-order valence-electron chi connectivity index (χ1n) is 10.1. The van der Waals surface area contributed by atoms with Crippen LogP contribution in [0, 0.1) is 5.92 Å². The Morgan fingerprint density at radius 3 is 2.59 bits per heavy atom. The van der Waals surface area contributed by atoms with Crippen LogP contribution in [0.15, 0.2) is 30.3 Å². The molecule has 27 heavy (non-hydrogen) atoms. The summed E-state index contributed by atoms with van der Waals surface area (Å²) in [6.45, 7) is 0.904. The van der Waals surface area contributed by atoms with Gasteiger partial charge in [0, 0.05) is 19.0 Å². The van der Waals surface area contributed by atoms with Gasteiger partial charge in [0.2, 0.25) is 5.91 Å². The fraction of sp³-hybridized carbons (Fsp3) is 0.667. The number of aliphatic hydroxyl groups excluding tert-OH is 2. The van der Waals surface area contributed by atoms with E-state index in [2.05, 4.69) is 22.3 Å². The van der Waals surface area contributed by atoms with Gasteiger partial charge in [-0.3, -0.25) is 9.69 Å². The van der Waals surface area contributed by atoms with Crippen molar-refractivity contribution in [3.05, 3.63) is 35.9 Å². The number of aliphatic hydroxyl groups is 2. The maximum atomic E-state index is 12.3. The molecular weight excluding hydrogens is 344 g/mol. The average Bonchev–Trinajstić information content (AvgIpc) is 3.33. The SMILES string of the molecule is CN(CCc1ccccc1)[C@@H]1[C@H](O)[C@H](CO)O[C@@H]1CNC(=O)C1CCCC1. The summed E-state index contributed by atoms with van der Waals surface area (Å²) in [7, 11) is 1.96. The van der Waals surface area contributed by atoms with Crippen LogP contribution in [0.2, 0.25) is 0 Å². The number of nitrogens with one attached hydrogen (secondary N) is 1. The fourth-order valence-corrected chi connectivity index (χ4v) is 4.32. The summed E-state index contributed by atoms with van der Waals surface area (Å²) in [4.78, 5) is 14.4. The number of hydrogen-bond acceptors (Lipinski definition) is 5. The number of benzene rings is 1. The van der Waals surface area contributed by atoms with Gasteiger partial charge in [-0.1, -0.05) is 43.2 Å². The summed E-state index contributed by atoms with van der Waals surface area (Å²) in [5.41, 5.74) is 1.24. The van der Waals surface area contributed by atoms with Crippen molar-refractivity contribution in [2.24, 2.45) is 5.92 Å². The number of hydrogen-bond donors (Lipinski definition) is 3. The zero-order valence-electron chi connectivity index (χ0n) is 16.1. The Morgan fingerprint density at radius 2 is 1.93 bits per heavy atom. The van der Waals surface area contributed by atoms with E-state index in [-0.39, 0.29) is 30.6 Å². The number of rotatable bonds is 8. The highest BCUT2D eigenvalue weighted by Crippen LogP contribution is 2.27. The van der Waals surface area contributed by atoms with E-state index in [1.807, 2.05) is 25.2 Å². The van der Waals surface area contributed by atoms with Gasteiger partial charge < -0.3 is 20.3 Å². The Hall–Kier alpha value is -1.47. The molecule has 1 saturated heterocycles. The van der Waals surface area contributed by atoms with Crippen molar-refractivity contribution in [3.63, 3.8) is 0 Å². The molecule has 1 aromatic carbocycles. The summed E-state index contributed by atoms with van der Waals surface area (Å²) in [6, 6.07) is 9.96. The minimum Gasteiger partial charge on any atom is -0.394 e. The van der Waals surface area contributed by atoms with Gasteiger partial charge in [-0.15, -0.1) is 0 Å². The van der Waals surface area contributed by atoms with Crippen LogP contribution in [0.1, 0.15) is 31.2 Å². The second-order valence-corrected chi connectivity index (χ2v) is 7.82. The van der Waals surface area contributed by atoms with Crippen molar-refractivity contribution >= 4 is 5.91 Å². The standard InChI is InChI=1S/C21H32N2O4/c1-23(12-11-15-7-3-2-4-8-15)19-17(27-18(14-24)20(19)25)13-22-21(26)16-9-5-6-10-16/h2-4,7-8,16-20,24-25H,5-6,9-14H2,1H3,(H,22,26)/t17-,18+,19+,20-/m1/s1. The molecular formula is C21H32N2O4. The minimum absolute atomic E-state index is 0.0868. The second-order valence-electron chi connectivity index (χ2n) is 7.82. The van der Waals surface area contributed by atoms with Crippen molar-refractivity contribution in [3.8, 4) is 0 Å². The summed E-state index contributed by atoms with van der Waals surface area (Å²) in [5.74, 6) is 0.197. The average molecular weight is 376 g/mol. The molecule has 0 aromatic heterocycles. The minimum atomic E-state index is -0.774. The van der Waals surface area contributed by atoms with Crippen LogP contribution in [-0.2, 0) is 16.0 Å². The van der Waals surface area contributed by atoms with Gasteiger partial charge in [0.1, 0.15) is 12.2 Å². The van der Waals surface area contributed by atoms with Gasteiger partial charge in [0.15, 0.2) is 0 Å². The lowest BCUT2D eigenvalue weighted by atomic mass is 10.0. The quantitative estimate of drug-likeness (QED) is 0.630. The molecule has 1 aliphatic heterocycles. The predicted molar refractivity (Wildman–Crippen MR) is 103 cm³/mol.